The van der Waals surface area contributed by atoms with Crippen LogP contribution in [0.2, 0.25) is 5.02 Å². The first-order valence-electron chi connectivity index (χ1n) is 17.0. The average molecular weight is 749 g/mol. The summed E-state index contributed by atoms with van der Waals surface area (Å²) in [5.41, 5.74) is -5.34. The molecule has 5 fully saturated rings. The summed E-state index contributed by atoms with van der Waals surface area (Å²) >= 11 is 6.76. The number of aromatic amines is 1. The van der Waals surface area contributed by atoms with Crippen LogP contribution in [0.25, 0.3) is 32.9 Å². The predicted molar refractivity (Wildman–Crippen MR) is 179 cm³/mol. The number of rotatable bonds is 6. The summed E-state index contributed by atoms with van der Waals surface area (Å²) in [6.07, 6.45) is -4.34. The van der Waals surface area contributed by atoms with E-state index in [1.165, 1.54) is 19.1 Å². The molecule has 5 aliphatic rings. The number of aryl methyl sites for hydroxylation is 1. The van der Waals surface area contributed by atoms with E-state index in [9.17, 15) is 31.6 Å². The number of piperidine rings is 1. The number of aromatic nitrogens is 4. The molecule has 1 unspecified atom stereocenters. The lowest BCUT2D eigenvalue weighted by Gasteiger charge is -2.35. The molecule has 0 aliphatic carbocycles. The van der Waals surface area contributed by atoms with Crippen LogP contribution in [0.5, 0.6) is 6.01 Å². The Balaban J connectivity index is 1.35. The molecular formula is C35H32ClF7N8O. The van der Waals surface area contributed by atoms with Gasteiger partial charge in [-0.1, -0.05) is 11.6 Å². The van der Waals surface area contributed by atoms with Crippen LogP contribution < -0.4 is 15.0 Å². The van der Waals surface area contributed by atoms with Crippen molar-refractivity contribution >= 4 is 39.2 Å². The third kappa shape index (κ3) is 5.72. The van der Waals surface area contributed by atoms with Gasteiger partial charge in [-0.05, 0) is 62.8 Å². The van der Waals surface area contributed by atoms with Crippen LogP contribution in [-0.4, -0.2) is 81.6 Å². The van der Waals surface area contributed by atoms with E-state index in [-0.39, 0.29) is 65.7 Å². The molecule has 5 aliphatic heterocycles. The summed E-state index contributed by atoms with van der Waals surface area (Å²) < 4.78 is 110. The second-order valence-corrected chi connectivity index (χ2v) is 14.8. The van der Waals surface area contributed by atoms with Crippen LogP contribution in [0.15, 0.2) is 24.3 Å². The van der Waals surface area contributed by atoms with Crippen molar-refractivity contribution < 1.29 is 35.5 Å². The highest BCUT2D eigenvalue weighted by atomic mass is 35.5. The first-order chi connectivity index (χ1) is 24.7. The summed E-state index contributed by atoms with van der Waals surface area (Å²) in [6, 6.07) is 3.90. The van der Waals surface area contributed by atoms with E-state index in [4.69, 9.17) is 16.3 Å². The Morgan fingerprint density at radius 3 is 2.71 bits per heavy atom. The highest BCUT2D eigenvalue weighted by Crippen LogP contribution is 2.49. The van der Waals surface area contributed by atoms with Crippen molar-refractivity contribution in [3.63, 3.8) is 0 Å². The molecule has 2 bridgehead atoms. The number of nitriles is 1. The highest BCUT2D eigenvalue weighted by Gasteiger charge is 2.50. The van der Waals surface area contributed by atoms with Crippen molar-refractivity contribution in [2.75, 3.05) is 44.2 Å². The minimum Gasteiger partial charge on any atom is -0.461 e. The number of anilines is 1. The monoisotopic (exact) mass is 748 g/mol. The number of benzene rings is 2. The van der Waals surface area contributed by atoms with E-state index >= 15 is 4.39 Å². The number of hydrogen-bond acceptors (Lipinski definition) is 8. The van der Waals surface area contributed by atoms with Crippen LogP contribution in [0, 0.1) is 30.0 Å². The fourth-order valence-electron chi connectivity index (χ4n) is 8.91. The van der Waals surface area contributed by atoms with Gasteiger partial charge in [0, 0.05) is 60.6 Å². The third-order valence-corrected chi connectivity index (χ3v) is 11.4. The van der Waals surface area contributed by atoms with Gasteiger partial charge in [0.2, 0.25) is 0 Å². The molecule has 52 heavy (non-hydrogen) atoms. The number of nitrogens with one attached hydrogen (secondary N) is 2. The maximum Gasteiger partial charge on any atom is 0.417 e. The van der Waals surface area contributed by atoms with Gasteiger partial charge in [0.25, 0.3) is 6.08 Å². The molecule has 4 atom stereocenters. The van der Waals surface area contributed by atoms with Gasteiger partial charge in [-0.15, -0.1) is 0 Å². The molecular weight excluding hydrogens is 717 g/mol. The van der Waals surface area contributed by atoms with Gasteiger partial charge >= 0.3 is 12.2 Å². The number of fused-ring (bicyclic) bond motifs is 7. The van der Waals surface area contributed by atoms with E-state index in [1.807, 2.05) is 4.90 Å². The van der Waals surface area contributed by atoms with Gasteiger partial charge in [-0.3, -0.25) is 10.00 Å². The smallest absolute Gasteiger partial charge is 0.417 e. The zero-order valence-electron chi connectivity index (χ0n) is 27.8. The van der Waals surface area contributed by atoms with E-state index < -0.39 is 68.2 Å². The minimum atomic E-state index is -5.00. The molecule has 2 aromatic carbocycles. The molecule has 0 radical (unpaired) electrons. The van der Waals surface area contributed by atoms with Gasteiger partial charge in [0.05, 0.1) is 27.2 Å². The van der Waals surface area contributed by atoms with E-state index in [0.29, 0.717) is 38.9 Å². The van der Waals surface area contributed by atoms with E-state index in [1.54, 1.807) is 11.0 Å². The Labute approximate surface area is 297 Å². The van der Waals surface area contributed by atoms with Crippen molar-refractivity contribution in [3.8, 4) is 23.2 Å². The van der Waals surface area contributed by atoms with Crippen LogP contribution in [-0.2, 0) is 6.18 Å². The van der Waals surface area contributed by atoms with Crippen molar-refractivity contribution in [2.45, 2.75) is 62.5 Å². The summed E-state index contributed by atoms with van der Waals surface area (Å²) in [6.45, 7) is 2.88. The zero-order valence-corrected chi connectivity index (χ0v) is 28.5. The lowest BCUT2D eigenvalue weighted by atomic mass is 9.86. The van der Waals surface area contributed by atoms with Crippen LogP contribution in [0.1, 0.15) is 48.9 Å². The summed E-state index contributed by atoms with van der Waals surface area (Å²) in [5, 5.41) is 18.8. The molecule has 7 heterocycles. The van der Waals surface area contributed by atoms with Gasteiger partial charge < -0.3 is 15.0 Å². The molecule has 0 amide bonds. The van der Waals surface area contributed by atoms with Gasteiger partial charge in [-0.2, -0.15) is 42.3 Å². The molecule has 0 saturated carbocycles. The Hall–Kier alpha value is -4.20. The van der Waals surface area contributed by atoms with Gasteiger partial charge in [0.15, 0.2) is 11.5 Å². The quantitative estimate of drug-likeness (QED) is 0.196. The van der Waals surface area contributed by atoms with Crippen LogP contribution >= 0.6 is 11.6 Å². The van der Waals surface area contributed by atoms with E-state index in [2.05, 4.69) is 25.5 Å². The number of halogens is 8. The molecule has 17 heteroatoms. The SMILES string of the molecule is Cc1cc2[nH]nc(C#N)c2c(-c2c(Cl)cc3c(N4C[C@@H]5CC[C@@](C=C(F)F)(C4)NC5)nc(OCC45CCCN4C[C@H](F)C5)nc3c2F)c1C(F)(F)F. The summed E-state index contributed by atoms with van der Waals surface area (Å²) in [5.74, 6) is -1.13. The topological polar surface area (TPSA) is 106 Å². The summed E-state index contributed by atoms with van der Waals surface area (Å²) in [7, 11) is 0. The third-order valence-electron chi connectivity index (χ3n) is 11.1. The number of ether oxygens (including phenoxy) is 1. The first kappa shape index (κ1) is 34.9. The molecule has 9 nitrogen and oxygen atoms in total. The minimum absolute atomic E-state index is 0.00586. The normalized spacial score (nSPS) is 26.2. The molecule has 9 rings (SSSR count). The van der Waals surface area contributed by atoms with Crippen LogP contribution in [0.4, 0.5) is 36.6 Å². The molecule has 2 N–H and O–H groups in total. The van der Waals surface area contributed by atoms with Crippen LogP contribution in [0.3, 0.4) is 0 Å². The van der Waals surface area contributed by atoms with Gasteiger partial charge in [0.1, 0.15) is 30.2 Å². The fraction of sp³-hybridized carbons (Fsp3) is 0.486. The lowest BCUT2D eigenvalue weighted by Crippen LogP contribution is -2.52. The largest absolute Gasteiger partial charge is 0.461 e. The Morgan fingerprint density at radius 1 is 1.19 bits per heavy atom. The van der Waals surface area contributed by atoms with Crippen molar-refractivity contribution in [3.05, 3.63) is 52.0 Å². The maximum absolute atomic E-state index is 17.3. The predicted octanol–water partition coefficient (Wildman–Crippen LogP) is 7.46. The summed E-state index contributed by atoms with van der Waals surface area (Å²) in [4.78, 5) is 12.8. The molecule has 2 aromatic heterocycles. The number of H-pyrrole nitrogens is 1. The molecule has 5 saturated heterocycles. The molecule has 0 spiro atoms. The Bertz CT molecular complexity index is 2170. The fourth-order valence-corrected chi connectivity index (χ4v) is 9.20. The van der Waals surface area contributed by atoms with Crippen molar-refractivity contribution in [2.24, 2.45) is 5.92 Å². The van der Waals surface area contributed by atoms with Crippen molar-refractivity contribution in [1.82, 2.24) is 30.4 Å². The molecule has 274 valence electrons. The average Bonchev–Trinajstić information content (AvgIpc) is 3.67. The Morgan fingerprint density at radius 2 is 2.00 bits per heavy atom. The maximum atomic E-state index is 17.3. The Kier molecular flexibility index (Phi) is 8.35. The molecule has 4 aromatic rings. The second kappa shape index (κ2) is 12.4. The van der Waals surface area contributed by atoms with E-state index in [0.717, 1.165) is 12.5 Å². The highest BCUT2D eigenvalue weighted by molar-refractivity contribution is 6.35. The number of hydrogen-bond donors (Lipinski definition) is 2. The standard InChI is InChI=1S/C35H32ClF7N8O/c1-17-7-22-26(23(11-44)49-48-22)27(28(17)35(41,42)43)25-21(36)8-20-30(29(25)40)46-32(52-16-34-4-2-6-51(34)14-19(37)9-34)47-31(20)50-13-18-3-5-33(15-50,45-12-18)10-24(38)39/h7-8,10,18-19,45H,2-6,9,12-16H2,1H3,(H,48,49)/t18-,19-,33-,34?/m1/s1. The lowest BCUT2D eigenvalue weighted by molar-refractivity contribution is -0.137. The number of nitrogens with zero attached hydrogens (tertiary/aromatic N) is 6. The second-order valence-electron chi connectivity index (χ2n) is 14.4. The first-order valence-corrected chi connectivity index (χ1v) is 17.3. The number of alkyl halides is 4. The van der Waals surface area contributed by atoms with Gasteiger partial charge in [-0.25, -0.2) is 8.78 Å². The zero-order chi connectivity index (χ0) is 36.7. The van der Waals surface area contributed by atoms with Crippen molar-refractivity contribution in [1.29, 1.82) is 5.26 Å².